The second kappa shape index (κ2) is 7.01. The van der Waals surface area contributed by atoms with Crippen LogP contribution >= 0.6 is 0 Å². The molecule has 5 heteroatoms. The van der Waals surface area contributed by atoms with Crippen LogP contribution in [0.5, 0.6) is 0 Å². The molecule has 0 aromatic heterocycles. The number of ether oxygens (including phenoxy) is 1. The highest BCUT2D eigenvalue weighted by atomic mass is 16.6. The van der Waals surface area contributed by atoms with E-state index in [0.29, 0.717) is 25.0 Å². The standard InChI is InChI=1S/C17H30N2O3/c1-12(20)11-19(16(21)22-17(2,3)4)9-8-18-15-10-13-6-5-7-14(13)15/h5,7,12-15,18,20H,6,8-11H2,1-4H3. The van der Waals surface area contributed by atoms with Crippen molar-refractivity contribution in [3.8, 4) is 0 Å². The van der Waals surface area contributed by atoms with Gasteiger partial charge in [-0.2, -0.15) is 0 Å². The van der Waals surface area contributed by atoms with Gasteiger partial charge in [0.2, 0.25) is 0 Å². The van der Waals surface area contributed by atoms with Crippen LogP contribution in [0.25, 0.3) is 0 Å². The second-order valence-electron chi connectivity index (χ2n) is 7.57. The summed E-state index contributed by atoms with van der Waals surface area (Å²) in [5, 5.41) is 13.1. The van der Waals surface area contributed by atoms with Gasteiger partial charge in [-0.3, -0.25) is 0 Å². The SMILES string of the molecule is CC(O)CN(CCNC1CC2CC=CC21)C(=O)OC(C)(C)C. The second-order valence-corrected chi connectivity index (χ2v) is 7.57. The fourth-order valence-corrected chi connectivity index (χ4v) is 3.24. The number of rotatable bonds is 6. The lowest BCUT2D eigenvalue weighted by Crippen LogP contribution is -2.51. The van der Waals surface area contributed by atoms with Gasteiger partial charge in [-0.1, -0.05) is 12.2 Å². The molecule has 4 unspecified atom stereocenters. The molecule has 0 spiro atoms. The predicted molar refractivity (Wildman–Crippen MR) is 86.6 cm³/mol. The Labute approximate surface area is 133 Å². The van der Waals surface area contributed by atoms with Crippen molar-refractivity contribution in [1.29, 1.82) is 0 Å². The Hall–Kier alpha value is -1.07. The molecule has 0 saturated heterocycles. The third-order valence-corrected chi connectivity index (χ3v) is 4.29. The molecule has 1 saturated carbocycles. The van der Waals surface area contributed by atoms with Crippen molar-refractivity contribution in [1.82, 2.24) is 10.2 Å². The highest BCUT2D eigenvalue weighted by molar-refractivity contribution is 5.68. The fourth-order valence-electron chi connectivity index (χ4n) is 3.24. The Bertz CT molecular complexity index is 415. The maximum Gasteiger partial charge on any atom is 0.410 e. The van der Waals surface area contributed by atoms with Crippen LogP contribution in [0, 0.1) is 11.8 Å². The van der Waals surface area contributed by atoms with Crippen LogP contribution in [-0.4, -0.2) is 53.5 Å². The van der Waals surface area contributed by atoms with E-state index in [1.54, 1.807) is 11.8 Å². The first-order chi connectivity index (χ1) is 10.3. The summed E-state index contributed by atoms with van der Waals surface area (Å²) in [6.07, 6.45) is 6.11. The van der Waals surface area contributed by atoms with E-state index >= 15 is 0 Å². The fraction of sp³-hybridized carbons (Fsp3) is 0.824. The third kappa shape index (κ3) is 4.71. The molecule has 2 aliphatic carbocycles. The molecule has 0 radical (unpaired) electrons. The van der Waals surface area contributed by atoms with Crippen molar-refractivity contribution in [2.45, 2.75) is 58.3 Å². The highest BCUT2D eigenvalue weighted by Gasteiger charge is 2.40. The van der Waals surface area contributed by atoms with Gasteiger partial charge in [-0.25, -0.2) is 4.79 Å². The normalized spacial score (nSPS) is 28.0. The first-order valence-corrected chi connectivity index (χ1v) is 8.32. The van der Waals surface area contributed by atoms with Gasteiger partial charge in [0.25, 0.3) is 0 Å². The number of hydrogen-bond donors (Lipinski definition) is 2. The number of nitrogens with one attached hydrogen (secondary N) is 1. The Morgan fingerprint density at radius 1 is 1.50 bits per heavy atom. The van der Waals surface area contributed by atoms with Crippen molar-refractivity contribution in [2.75, 3.05) is 19.6 Å². The first-order valence-electron chi connectivity index (χ1n) is 8.32. The molecule has 126 valence electrons. The van der Waals surface area contributed by atoms with Crippen molar-refractivity contribution in [3.05, 3.63) is 12.2 Å². The first kappa shape index (κ1) is 17.3. The number of aliphatic hydroxyl groups excluding tert-OH is 1. The van der Waals surface area contributed by atoms with E-state index in [9.17, 15) is 9.90 Å². The third-order valence-electron chi connectivity index (χ3n) is 4.29. The molecule has 2 rings (SSSR count). The van der Waals surface area contributed by atoms with Crippen molar-refractivity contribution in [2.24, 2.45) is 11.8 Å². The van der Waals surface area contributed by atoms with Crippen molar-refractivity contribution in [3.63, 3.8) is 0 Å². The minimum absolute atomic E-state index is 0.299. The average molecular weight is 310 g/mol. The molecule has 0 bridgehead atoms. The lowest BCUT2D eigenvalue weighted by atomic mass is 9.71. The minimum Gasteiger partial charge on any atom is -0.444 e. The van der Waals surface area contributed by atoms with Gasteiger partial charge in [0.05, 0.1) is 6.10 Å². The highest BCUT2D eigenvalue weighted by Crippen LogP contribution is 2.42. The number of carbonyl (C=O) groups is 1. The summed E-state index contributed by atoms with van der Waals surface area (Å²) < 4.78 is 5.40. The van der Waals surface area contributed by atoms with Crippen LogP contribution in [0.3, 0.4) is 0 Å². The molecule has 4 atom stereocenters. The van der Waals surface area contributed by atoms with E-state index in [-0.39, 0.29) is 6.09 Å². The molecular formula is C17H30N2O3. The van der Waals surface area contributed by atoms with Gasteiger partial charge in [-0.05, 0) is 52.4 Å². The van der Waals surface area contributed by atoms with E-state index in [1.165, 1.54) is 12.8 Å². The summed E-state index contributed by atoms with van der Waals surface area (Å²) in [7, 11) is 0. The topological polar surface area (TPSA) is 61.8 Å². The van der Waals surface area contributed by atoms with E-state index < -0.39 is 11.7 Å². The van der Waals surface area contributed by atoms with E-state index in [0.717, 1.165) is 12.5 Å². The van der Waals surface area contributed by atoms with E-state index in [1.807, 2.05) is 20.8 Å². The smallest absolute Gasteiger partial charge is 0.410 e. The summed E-state index contributed by atoms with van der Waals surface area (Å²) in [6.45, 7) is 8.82. The molecule has 2 aliphatic rings. The summed E-state index contributed by atoms with van der Waals surface area (Å²) in [4.78, 5) is 13.8. The molecule has 1 amide bonds. The van der Waals surface area contributed by atoms with Crippen LogP contribution in [0.15, 0.2) is 12.2 Å². The van der Waals surface area contributed by atoms with Gasteiger partial charge >= 0.3 is 6.09 Å². The van der Waals surface area contributed by atoms with Gasteiger partial charge in [0.15, 0.2) is 0 Å². The lowest BCUT2D eigenvalue weighted by molar-refractivity contribution is 0.0157. The van der Waals surface area contributed by atoms with Crippen LogP contribution in [0.4, 0.5) is 4.79 Å². The van der Waals surface area contributed by atoms with E-state index in [4.69, 9.17) is 4.74 Å². The van der Waals surface area contributed by atoms with E-state index in [2.05, 4.69) is 17.5 Å². The minimum atomic E-state index is -0.557. The summed E-state index contributed by atoms with van der Waals surface area (Å²) in [6, 6.07) is 0.538. The summed E-state index contributed by atoms with van der Waals surface area (Å²) in [5.74, 6) is 1.50. The molecule has 0 heterocycles. The van der Waals surface area contributed by atoms with Crippen LogP contribution < -0.4 is 5.32 Å². The number of allylic oxidation sites excluding steroid dienone is 1. The number of carbonyl (C=O) groups excluding carboxylic acids is 1. The van der Waals surface area contributed by atoms with Gasteiger partial charge in [-0.15, -0.1) is 0 Å². The maximum absolute atomic E-state index is 12.2. The lowest BCUT2D eigenvalue weighted by Gasteiger charge is -2.41. The zero-order valence-corrected chi connectivity index (χ0v) is 14.2. The zero-order valence-electron chi connectivity index (χ0n) is 14.2. The zero-order chi connectivity index (χ0) is 16.3. The molecular weight excluding hydrogens is 280 g/mol. The van der Waals surface area contributed by atoms with Crippen LogP contribution in [0.2, 0.25) is 0 Å². The number of nitrogens with zero attached hydrogens (tertiary/aromatic N) is 1. The molecule has 1 fully saturated rings. The Balaban J connectivity index is 1.76. The molecule has 0 aliphatic heterocycles. The largest absolute Gasteiger partial charge is 0.444 e. The summed E-state index contributed by atoms with van der Waals surface area (Å²) >= 11 is 0. The monoisotopic (exact) mass is 310 g/mol. The van der Waals surface area contributed by atoms with Gasteiger partial charge < -0.3 is 20.1 Å². The number of hydrogen-bond acceptors (Lipinski definition) is 4. The van der Waals surface area contributed by atoms with Crippen molar-refractivity contribution < 1.29 is 14.6 Å². The van der Waals surface area contributed by atoms with Crippen molar-refractivity contribution >= 4 is 6.09 Å². The molecule has 5 nitrogen and oxygen atoms in total. The maximum atomic E-state index is 12.2. The number of amides is 1. The molecule has 22 heavy (non-hydrogen) atoms. The van der Waals surface area contributed by atoms with Crippen LogP contribution in [-0.2, 0) is 4.74 Å². The number of fused-ring (bicyclic) bond motifs is 1. The Morgan fingerprint density at radius 2 is 2.23 bits per heavy atom. The van der Waals surface area contributed by atoms with Gasteiger partial charge in [0.1, 0.15) is 5.60 Å². The predicted octanol–water partition coefficient (Wildman–Crippen LogP) is 2.16. The molecule has 0 aromatic rings. The Kier molecular flexibility index (Phi) is 5.50. The van der Waals surface area contributed by atoms with Gasteiger partial charge in [0, 0.05) is 25.7 Å². The quantitative estimate of drug-likeness (QED) is 0.738. The molecule has 2 N–H and O–H groups in total. The number of aliphatic hydroxyl groups is 1. The summed E-state index contributed by atoms with van der Waals surface area (Å²) in [5.41, 5.74) is -0.517. The molecule has 0 aromatic carbocycles. The van der Waals surface area contributed by atoms with Crippen LogP contribution in [0.1, 0.15) is 40.5 Å². The Morgan fingerprint density at radius 3 is 2.82 bits per heavy atom. The average Bonchev–Trinajstić information content (AvgIpc) is 2.72.